The molecule has 136 valence electrons. The molecule has 1 saturated heterocycles. The number of para-hydroxylation sites is 1. The molecule has 3 heterocycles. The highest BCUT2D eigenvalue weighted by Gasteiger charge is 2.27. The number of aromatic nitrogens is 3. The van der Waals surface area contributed by atoms with Crippen LogP contribution in [0.15, 0.2) is 35.5 Å². The van der Waals surface area contributed by atoms with Crippen molar-refractivity contribution < 1.29 is 13.2 Å². The molecule has 0 spiro atoms. The van der Waals surface area contributed by atoms with E-state index in [1.807, 2.05) is 13.0 Å². The molecule has 0 N–H and O–H groups in total. The van der Waals surface area contributed by atoms with Gasteiger partial charge in [-0.1, -0.05) is 17.4 Å². The van der Waals surface area contributed by atoms with Crippen LogP contribution < -0.4 is 9.64 Å². The van der Waals surface area contributed by atoms with Crippen LogP contribution in [-0.4, -0.2) is 48.8 Å². The van der Waals surface area contributed by atoms with Crippen molar-refractivity contribution >= 4 is 36.5 Å². The van der Waals surface area contributed by atoms with Crippen molar-refractivity contribution in [2.75, 3.05) is 24.2 Å². The zero-order valence-corrected chi connectivity index (χ0v) is 16.0. The molecule has 1 atom stereocenters. The maximum Gasteiger partial charge on any atom is 0.316 e. The molecule has 3 aromatic rings. The summed E-state index contributed by atoms with van der Waals surface area (Å²) in [4.78, 5) is 15.4. The lowest BCUT2D eigenvalue weighted by molar-refractivity contribution is 0.206. The molecule has 26 heavy (non-hydrogen) atoms. The SMILES string of the molecule is Cc1cnc(OC2CCN(c3nc4c(S(C)(=O)=O)cccc4s3)C2)nc1. The van der Waals surface area contributed by atoms with Gasteiger partial charge in [0, 0.05) is 31.6 Å². The molecular formula is C17H18N4O3S2. The van der Waals surface area contributed by atoms with Gasteiger partial charge in [0.25, 0.3) is 0 Å². The van der Waals surface area contributed by atoms with Gasteiger partial charge in [-0.15, -0.1) is 0 Å². The Hall–Kier alpha value is -2.26. The maximum atomic E-state index is 12.0. The summed E-state index contributed by atoms with van der Waals surface area (Å²) >= 11 is 1.50. The fourth-order valence-corrected chi connectivity index (χ4v) is 4.86. The third-order valence-corrected chi connectivity index (χ3v) is 6.42. The topological polar surface area (TPSA) is 85.3 Å². The molecule has 0 bridgehead atoms. The number of ether oxygens (including phenoxy) is 1. The molecule has 0 aliphatic carbocycles. The smallest absolute Gasteiger partial charge is 0.316 e. The van der Waals surface area contributed by atoms with Gasteiger partial charge in [0.1, 0.15) is 11.6 Å². The lowest BCUT2D eigenvalue weighted by Gasteiger charge is -2.15. The average Bonchev–Trinajstić information content (AvgIpc) is 3.22. The molecule has 0 amide bonds. The van der Waals surface area contributed by atoms with Gasteiger partial charge in [-0.3, -0.25) is 0 Å². The van der Waals surface area contributed by atoms with Gasteiger partial charge in [-0.25, -0.2) is 23.4 Å². The molecule has 4 rings (SSSR count). The first-order valence-electron chi connectivity index (χ1n) is 8.20. The largest absolute Gasteiger partial charge is 0.458 e. The molecule has 9 heteroatoms. The Morgan fingerprint density at radius 2 is 2.04 bits per heavy atom. The van der Waals surface area contributed by atoms with Crippen molar-refractivity contribution in [3.05, 3.63) is 36.2 Å². The van der Waals surface area contributed by atoms with E-state index in [1.165, 1.54) is 17.6 Å². The lowest BCUT2D eigenvalue weighted by Crippen LogP contribution is -2.24. The Morgan fingerprint density at radius 3 is 2.77 bits per heavy atom. The number of benzene rings is 1. The second-order valence-corrected chi connectivity index (χ2v) is 9.38. The first-order chi connectivity index (χ1) is 12.4. The average molecular weight is 390 g/mol. The molecule has 0 saturated carbocycles. The summed E-state index contributed by atoms with van der Waals surface area (Å²) in [6.45, 7) is 3.40. The maximum absolute atomic E-state index is 12.0. The summed E-state index contributed by atoms with van der Waals surface area (Å²) in [5.74, 6) is 0. The van der Waals surface area contributed by atoms with Crippen LogP contribution >= 0.6 is 11.3 Å². The molecule has 0 radical (unpaired) electrons. The van der Waals surface area contributed by atoms with Gasteiger partial charge in [0.2, 0.25) is 0 Å². The quantitative estimate of drug-likeness (QED) is 0.676. The minimum absolute atomic E-state index is 0.0147. The van der Waals surface area contributed by atoms with Crippen LogP contribution in [0.4, 0.5) is 5.13 Å². The summed E-state index contributed by atoms with van der Waals surface area (Å²) in [6.07, 6.45) is 5.50. The molecule has 1 aliphatic heterocycles. The number of nitrogens with zero attached hydrogens (tertiary/aromatic N) is 4. The monoisotopic (exact) mass is 390 g/mol. The van der Waals surface area contributed by atoms with Gasteiger partial charge in [0.15, 0.2) is 15.0 Å². The number of hydrogen-bond donors (Lipinski definition) is 0. The molecule has 1 aromatic carbocycles. The summed E-state index contributed by atoms with van der Waals surface area (Å²) in [7, 11) is -3.31. The van der Waals surface area contributed by atoms with E-state index in [9.17, 15) is 8.42 Å². The van der Waals surface area contributed by atoms with E-state index in [1.54, 1.807) is 24.5 Å². The molecule has 1 fully saturated rings. The van der Waals surface area contributed by atoms with Gasteiger partial charge < -0.3 is 9.64 Å². The van der Waals surface area contributed by atoms with E-state index >= 15 is 0 Å². The Labute approximate surface area is 155 Å². The number of fused-ring (bicyclic) bond motifs is 1. The summed E-state index contributed by atoms with van der Waals surface area (Å²) in [5, 5.41) is 0.812. The number of thiazole rings is 1. The van der Waals surface area contributed by atoms with Crippen LogP contribution in [0.1, 0.15) is 12.0 Å². The third kappa shape index (κ3) is 3.36. The molecule has 1 aliphatic rings. The zero-order chi connectivity index (χ0) is 18.3. The van der Waals surface area contributed by atoms with Gasteiger partial charge in [0.05, 0.1) is 16.1 Å². The zero-order valence-electron chi connectivity index (χ0n) is 14.4. The second kappa shape index (κ2) is 6.48. The van der Waals surface area contributed by atoms with E-state index in [4.69, 9.17) is 4.74 Å². The van der Waals surface area contributed by atoms with Crippen LogP contribution in [0.5, 0.6) is 6.01 Å². The van der Waals surface area contributed by atoms with E-state index in [2.05, 4.69) is 19.9 Å². The predicted octanol–water partition coefficient (Wildman–Crippen LogP) is 2.46. The summed E-state index contributed by atoms with van der Waals surface area (Å²) < 4.78 is 30.7. The highest BCUT2D eigenvalue weighted by molar-refractivity contribution is 7.91. The highest BCUT2D eigenvalue weighted by atomic mass is 32.2. The highest BCUT2D eigenvalue weighted by Crippen LogP contribution is 2.34. The number of anilines is 1. The van der Waals surface area contributed by atoms with Crippen LogP contribution in [0.2, 0.25) is 0 Å². The van der Waals surface area contributed by atoms with E-state index in [-0.39, 0.29) is 11.0 Å². The Kier molecular flexibility index (Phi) is 4.28. The van der Waals surface area contributed by atoms with Gasteiger partial charge in [-0.05, 0) is 24.6 Å². The number of rotatable bonds is 4. The first-order valence-corrected chi connectivity index (χ1v) is 10.9. The standard InChI is InChI=1S/C17H18N4O3S2/c1-11-8-18-16(19-9-11)24-12-6-7-21(10-12)17-20-15-13(25-17)4-3-5-14(15)26(2,22)23/h3-5,8-9,12H,6-7,10H2,1-2H3. The van der Waals surface area contributed by atoms with Gasteiger partial charge >= 0.3 is 6.01 Å². The van der Waals surface area contributed by atoms with Crippen LogP contribution in [0, 0.1) is 6.92 Å². The van der Waals surface area contributed by atoms with E-state index in [0.717, 1.165) is 28.4 Å². The van der Waals surface area contributed by atoms with Crippen LogP contribution in [-0.2, 0) is 9.84 Å². The van der Waals surface area contributed by atoms with Crippen molar-refractivity contribution in [2.24, 2.45) is 0 Å². The number of aryl methyl sites for hydroxylation is 1. The number of hydrogen-bond acceptors (Lipinski definition) is 8. The van der Waals surface area contributed by atoms with Crippen molar-refractivity contribution in [1.29, 1.82) is 0 Å². The molecule has 7 nitrogen and oxygen atoms in total. The molecular weight excluding hydrogens is 372 g/mol. The fourth-order valence-electron chi connectivity index (χ4n) is 2.93. The van der Waals surface area contributed by atoms with Crippen LogP contribution in [0.25, 0.3) is 10.2 Å². The minimum Gasteiger partial charge on any atom is -0.458 e. The van der Waals surface area contributed by atoms with Crippen molar-refractivity contribution in [3.8, 4) is 6.01 Å². The molecule has 2 aromatic heterocycles. The van der Waals surface area contributed by atoms with E-state index < -0.39 is 9.84 Å². The fraction of sp³-hybridized carbons (Fsp3) is 0.353. The van der Waals surface area contributed by atoms with E-state index in [0.29, 0.717) is 18.1 Å². The number of sulfone groups is 1. The minimum atomic E-state index is -3.31. The Balaban J connectivity index is 1.54. The van der Waals surface area contributed by atoms with Crippen molar-refractivity contribution in [1.82, 2.24) is 15.0 Å². The Morgan fingerprint density at radius 1 is 1.27 bits per heavy atom. The first kappa shape index (κ1) is 17.2. The molecule has 1 unspecified atom stereocenters. The summed E-state index contributed by atoms with van der Waals surface area (Å²) in [6, 6.07) is 5.64. The lowest BCUT2D eigenvalue weighted by atomic mass is 10.3. The Bertz CT molecular complexity index is 1050. The van der Waals surface area contributed by atoms with Crippen molar-refractivity contribution in [2.45, 2.75) is 24.3 Å². The normalized spacial score (nSPS) is 17.8. The third-order valence-electron chi connectivity index (χ3n) is 4.22. The second-order valence-electron chi connectivity index (χ2n) is 6.39. The van der Waals surface area contributed by atoms with Crippen LogP contribution in [0.3, 0.4) is 0 Å². The van der Waals surface area contributed by atoms with Gasteiger partial charge in [-0.2, -0.15) is 0 Å². The summed E-state index contributed by atoms with van der Waals surface area (Å²) in [5.41, 5.74) is 1.53. The predicted molar refractivity (Wildman–Crippen MR) is 101 cm³/mol. The van der Waals surface area contributed by atoms with Crippen molar-refractivity contribution in [3.63, 3.8) is 0 Å².